The van der Waals surface area contributed by atoms with E-state index in [1.54, 1.807) is 21.0 Å². The number of nitrogens with zero attached hydrogens (tertiary/aromatic N) is 1. The van der Waals surface area contributed by atoms with Gasteiger partial charge in [0, 0.05) is 17.3 Å². The zero-order chi connectivity index (χ0) is 27.2. The van der Waals surface area contributed by atoms with E-state index in [4.69, 9.17) is 41.3 Å². The zero-order valence-electron chi connectivity index (χ0n) is 21.4. The number of methoxy groups -OCH3 is 1. The van der Waals surface area contributed by atoms with Gasteiger partial charge in [-0.15, -0.1) is 12.8 Å². The van der Waals surface area contributed by atoms with Gasteiger partial charge in [0.2, 0.25) is 0 Å². The second-order valence-electron chi connectivity index (χ2n) is 7.84. The van der Waals surface area contributed by atoms with Crippen LogP contribution in [0.4, 0.5) is 0 Å². The number of benzene rings is 1. The lowest BCUT2D eigenvalue weighted by Crippen LogP contribution is -2.25. The maximum absolute atomic E-state index is 12.4. The molecule has 0 fully saturated rings. The third kappa shape index (κ3) is 9.16. The summed E-state index contributed by atoms with van der Waals surface area (Å²) in [5.41, 5.74) is 2.45. The summed E-state index contributed by atoms with van der Waals surface area (Å²) in [5.74, 6) is 4.53. The summed E-state index contributed by atoms with van der Waals surface area (Å²) in [4.78, 5) is 29.1. The van der Waals surface area contributed by atoms with E-state index < -0.39 is 24.1 Å². The van der Waals surface area contributed by atoms with Crippen molar-refractivity contribution in [3.05, 3.63) is 52.8 Å². The summed E-state index contributed by atoms with van der Waals surface area (Å²) in [6.45, 7) is 4.70. The number of hydrogen-bond donors (Lipinski definition) is 0. The van der Waals surface area contributed by atoms with Gasteiger partial charge in [0.25, 0.3) is 0 Å². The van der Waals surface area contributed by atoms with Crippen molar-refractivity contribution >= 4 is 11.9 Å². The number of hydrogen-bond acceptors (Lipinski definition) is 9. The standard InChI is InChI=1S/C28H31NO8/c1-7-13-33-20(4)27(30)36-17-23-15-29-19(3)26(35-16-22-9-11-24(32-6)12-10-22)25(23)18-37-28(31)21(5)34-14-8-2/h1-2,9-12,15,20-21H,13-14,16-18H2,3-6H3. The van der Waals surface area contributed by atoms with Crippen molar-refractivity contribution in [1.29, 1.82) is 0 Å². The van der Waals surface area contributed by atoms with Crippen LogP contribution in [0.15, 0.2) is 30.5 Å². The first-order valence-corrected chi connectivity index (χ1v) is 11.5. The summed E-state index contributed by atoms with van der Waals surface area (Å²) in [7, 11) is 1.59. The van der Waals surface area contributed by atoms with Crippen LogP contribution in [0.3, 0.4) is 0 Å². The molecule has 0 aliphatic heterocycles. The number of carbonyl (C=O) groups is 2. The third-order valence-corrected chi connectivity index (χ3v) is 5.17. The van der Waals surface area contributed by atoms with Crippen LogP contribution in [0.1, 0.15) is 36.2 Å². The van der Waals surface area contributed by atoms with Gasteiger partial charge in [0.15, 0.2) is 12.2 Å². The second kappa shape index (κ2) is 15.1. The molecule has 0 radical (unpaired) electrons. The van der Waals surface area contributed by atoms with E-state index in [0.29, 0.717) is 22.6 Å². The van der Waals surface area contributed by atoms with Crippen molar-refractivity contribution in [3.8, 4) is 36.2 Å². The van der Waals surface area contributed by atoms with Crippen LogP contribution < -0.4 is 9.47 Å². The highest BCUT2D eigenvalue weighted by Gasteiger charge is 2.22. The van der Waals surface area contributed by atoms with Crippen LogP contribution in [0.2, 0.25) is 0 Å². The van der Waals surface area contributed by atoms with Gasteiger partial charge in [-0.1, -0.05) is 24.0 Å². The fourth-order valence-corrected chi connectivity index (χ4v) is 3.04. The van der Waals surface area contributed by atoms with Crippen molar-refractivity contribution in [2.24, 2.45) is 0 Å². The average Bonchev–Trinajstić information content (AvgIpc) is 2.91. The van der Waals surface area contributed by atoms with Crippen LogP contribution in [0.25, 0.3) is 0 Å². The van der Waals surface area contributed by atoms with E-state index in [2.05, 4.69) is 16.8 Å². The maximum Gasteiger partial charge on any atom is 0.335 e. The molecule has 0 amide bonds. The fraction of sp³-hybridized carbons (Fsp3) is 0.393. The lowest BCUT2D eigenvalue weighted by molar-refractivity contribution is -0.158. The molecular formula is C28H31NO8. The van der Waals surface area contributed by atoms with E-state index in [1.807, 2.05) is 24.3 Å². The third-order valence-electron chi connectivity index (χ3n) is 5.17. The van der Waals surface area contributed by atoms with Crippen molar-refractivity contribution in [2.75, 3.05) is 20.3 Å². The normalized spacial score (nSPS) is 11.9. The predicted molar refractivity (Wildman–Crippen MR) is 134 cm³/mol. The first-order valence-electron chi connectivity index (χ1n) is 11.5. The lowest BCUT2D eigenvalue weighted by atomic mass is 10.1. The Morgan fingerprint density at radius 3 is 2.03 bits per heavy atom. The van der Waals surface area contributed by atoms with Gasteiger partial charge in [-0.3, -0.25) is 4.98 Å². The number of ether oxygens (including phenoxy) is 6. The van der Waals surface area contributed by atoms with E-state index in [9.17, 15) is 9.59 Å². The molecule has 0 N–H and O–H groups in total. The quantitative estimate of drug-likeness (QED) is 0.281. The smallest absolute Gasteiger partial charge is 0.335 e. The number of rotatable bonds is 14. The summed E-state index contributed by atoms with van der Waals surface area (Å²) in [6.07, 6.45) is 10.2. The molecule has 2 atom stereocenters. The average molecular weight is 510 g/mol. The van der Waals surface area contributed by atoms with Gasteiger partial charge in [-0.25, -0.2) is 9.59 Å². The van der Waals surface area contributed by atoms with Crippen LogP contribution in [0.5, 0.6) is 11.5 Å². The van der Waals surface area contributed by atoms with Gasteiger partial charge >= 0.3 is 11.9 Å². The van der Waals surface area contributed by atoms with E-state index in [-0.39, 0.29) is 33.0 Å². The number of terminal acetylenes is 2. The molecule has 9 nitrogen and oxygen atoms in total. The summed E-state index contributed by atoms with van der Waals surface area (Å²) in [5, 5.41) is 0. The van der Waals surface area contributed by atoms with Crippen molar-refractivity contribution in [2.45, 2.75) is 52.8 Å². The maximum atomic E-state index is 12.4. The van der Waals surface area contributed by atoms with E-state index in [1.165, 1.54) is 13.1 Å². The molecule has 2 unspecified atom stereocenters. The molecule has 0 aliphatic rings. The van der Waals surface area contributed by atoms with Gasteiger partial charge in [-0.2, -0.15) is 0 Å². The highest BCUT2D eigenvalue weighted by atomic mass is 16.6. The van der Waals surface area contributed by atoms with Crippen molar-refractivity contribution < 1.29 is 38.0 Å². The van der Waals surface area contributed by atoms with Crippen molar-refractivity contribution in [1.82, 2.24) is 4.98 Å². The first kappa shape index (κ1) is 29.2. The molecule has 2 rings (SSSR count). The topological polar surface area (TPSA) is 102 Å². The minimum Gasteiger partial charge on any atom is -0.497 e. The van der Waals surface area contributed by atoms with Crippen LogP contribution in [0, 0.1) is 31.6 Å². The second-order valence-corrected chi connectivity index (χ2v) is 7.84. The Morgan fingerprint density at radius 1 is 0.919 bits per heavy atom. The Balaban J connectivity index is 2.25. The largest absolute Gasteiger partial charge is 0.497 e. The molecule has 196 valence electrons. The number of pyridine rings is 1. The monoisotopic (exact) mass is 509 g/mol. The highest BCUT2D eigenvalue weighted by molar-refractivity contribution is 5.75. The zero-order valence-corrected chi connectivity index (χ0v) is 21.4. The van der Waals surface area contributed by atoms with Gasteiger partial charge < -0.3 is 28.4 Å². The van der Waals surface area contributed by atoms with Crippen LogP contribution in [-0.4, -0.2) is 49.5 Å². The molecule has 0 bridgehead atoms. The lowest BCUT2D eigenvalue weighted by Gasteiger charge is -2.19. The Morgan fingerprint density at radius 2 is 1.49 bits per heavy atom. The molecule has 0 saturated heterocycles. The van der Waals surface area contributed by atoms with Gasteiger partial charge in [0.1, 0.15) is 44.5 Å². The number of aryl methyl sites for hydroxylation is 1. The molecule has 1 heterocycles. The predicted octanol–water partition coefficient (Wildman–Crippen LogP) is 3.14. The highest BCUT2D eigenvalue weighted by Crippen LogP contribution is 2.28. The Kier molecular flexibility index (Phi) is 11.9. The van der Waals surface area contributed by atoms with Gasteiger partial charge in [-0.05, 0) is 38.5 Å². The molecule has 0 saturated carbocycles. The van der Waals surface area contributed by atoms with Crippen molar-refractivity contribution in [3.63, 3.8) is 0 Å². The molecule has 0 aliphatic carbocycles. The summed E-state index contributed by atoms with van der Waals surface area (Å²) >= 11 is 0. The van der Waals surface area contributed by atoms with Crippen LogP contribution >= 0.6 is 0 Å². The van der Waals surface area contributed by atoms with Crippen LogP contribution in [-0.2, 0) is 48.4 Å². The molecule has 37 heavy (non-hydrogen) atoms. The first-order chi connectivity index (χ1) is 17.8. The summed E-state index contributed by atoms with van der Waals surface area (Å²) < 4.78 is 32.6. The summed E-state index contributed by atoms with van der Waals surface area (Å²) in [6, 6.07) is 7.39. The van der Waals surface area contributed by atoms with Gasteiger partial charge in [0.05, 0.1) is 12.8 Å². The molecule has 1 aromatic heterocycles. The van der Waals surface area contributed by atoms with E-state index in [0.717, 1.165) is 11.3 Å². The molecular weight excluding hydrogens is 478 g/mol. The molecule has 1 aromatic carbocycles. The Bertz CT molecular complexity index is 1130. The van der Waals surface area contributed by atoms with E-state index >= 15 is 0 Å². The molecule has 9 heteroatoms. The molecule has 2 aromatic rings. The number of carbonyl (C=O) groups excluding carboxylic acids is 2. The number of aromatic nitrogens is 1. The minimum atomic E-state index is -0.863. The fourth-order valence-electron chi connectivity index (χ4n) is 3.04. The molecule has 0 spiro atoms. The SMILES string of the molecule is C#CCOC(C)C(=O)OCc1cnc(C)c(OCc2ccc(OC)cc2)c1COC(=O)C(C)OCC#C. The number of esters is 2. The Hall–Kier alpha value is -4.05. The minimum absolute atomic E-state index is 0.0210. The Labute approximate surface area is 217 Å².